The van der Waals surface area contributed by atoms with Gasteiger partial charge in [-0.3, -0.25) is 14.4 Å². The van der Waals surface area contributed by atoms with Crippen molar-refractivity contribution >= 4 is 17.3 Å². The molecule has 0 aromatic heterocycles. The predicted octanol–water partition coefficient (Wildman–Crippen LogP) is -5.11. The number of aliphatic hydroxyl groups excluding tert-OH is 10. The lowest BCUT2D eigenvalue weighted by Gasteiger charge is -2.43. The molecule has 15 atom stereocenters. The maximum atomic E-state index is 14.0. The van der Waals surface area contributed by atoms with Gasteiger partial charge in [0.15, 0.2) is 24.1 Å². The molecule has 4 aliphatic rings. The minimum absolute atomic E-state index is 0.00887. The molecule has 2 fully saturated rings. The highest BCUT2D eigenvalue weighted by atomic mass is 16.7. The first-order valence-electron chi connectivity index (χ1n) is 19.4. The van der Waals surface area contributed by atoms with Crippen molar-refractivity contribution in [3.63, 3.8) is 0 Å². The molecule has 2 aromatic carbocycles. The Bertz CT molecular complexity index is 1960. The Morgan fingerprint density at radius 1 is 0.918 bits per heavy atom. The molecule has 61 heavy (non-hydrogen) atoms. The van der Waals surface area contributed by atoms with Gasteiger partial charge in [0.05, 0.1) is 61.4 Å². The van der Waals surface area contributed by atoms with E-state index in [1.807, 2.05) is 0 Å². The molecule has 0 bridgehead atoms. The average molecular weight is 870 g/mol. The van der Waals surface area contributed by atoms with Crippen molar-refractivity contribution in [1.29, 1.82) is 0 Å². The van der Waals surface area contributed by atoms with E-state index in [2.05, 4.69) is 5.32 Å². The molecule has 0 saturated carbocycles. The van der Waals surface area contributed by atoms with Crippen LogP contribution in [0, 0.1) is 0 Å². The maximum Gasteiger partial charge on any atom is 0.202 e. The fourth-order valence-corrected chi connectivity index (χ4v) is 8.37. The van der Waals surface area contributed by atoms with Crippen LogP contribution in [-0.2, 0) is 30.2 Å². The molecule has 4 unspecified atom stereocenters. The maximum absolute atomic E-state index is 14.0. The number of rotatable bonds is 15. The summed E-state index contributed by atoms with van der Waals surface area (Å²) in [6, 6.07) is 3.15. The van der Waals surface area contributed by atoms with Crippen LogP contribution in [0.2, 0.25) is 0 Å². The lowest BCUT2D eigenvalue weighted by atomic mass is 9.72. The summed E-state index contributed by atoms with van der Waals surface area (Å²) in [5, 5.41) is 141. The second-order valence-corrected chi connectivity index (χ2v) is 15.6. The van der Waals surface area contributed by atoms with E-state index >= 15 is 0 Å². The quantitative estimate of drug-likeness (QED) is 0.0635. The van der Waals surface area contributed by atoms with E-state index in [9.17, 15) is 80.8 Å². The van der Waals surface area contributed by atoms with Gasteiger partial charge < -0.3 is 95.4 Å². The molecule has 2 heterocycles. The van der Waals surface area contributed by atoms with Crippen molar-refractivity contribution in [1.82, 2.24) is 5.32 Å². The SMILES string of the molecule is COc1cccc2c1C(=O)c1c(O)c3c(c(O)c1C2=O)C[C@@](O)(C(=O)CO)C[C@@H]3O[C@H]1C[C@H](NCC(O)C(O)C(O[C@H]2O[C@H](CO)[C@H](O)[C@H](O)[C@H]2O)C(O)CO)[C@H](O)[C@H](C)O1. The van der Waals surface area contributed by atoms with Gasteiger partial charge >= 0.3 is 0 Å². The zero-order valence-corrected chi connectivity index (χ0v) is 32.8. The zero-order chi connectivity index (χ0) is 44.8. The number of benzene rings is 2. The van der Waals surface area contributed by atoms with Crippen molar-refractivity contribution in [3.8, 4) is 17.2 Å². The van der Waals surface area contributed by atoms with Crippen LogP contribution in [0.5, 0.6) is 17.2 Å². The summed E-state index contributed by atoms with van der Waals surface area (Å²) in [7, 11) is 1.27. The van der Waals surface area contributed by atoms with Gasteiger partial charge in [-0.1, -0.05) is 12.1 Å². The number of aliphatic hydroxyl groups is 11. The van der Waals surface area contributed by atoms with Crippen molar-refractivity contribution in [2.24, 2.45) is 0 Å². The highest BCUT2D eigenvalue weighted by molar-refractivity contribution is 6.31. The van der Waals surface area contributed by atoms with E-state index in [0.29, 0.717) is 0 Å². The van der Waals surface area contributed by atoms with Crippen molar-refractivity contribution in [3.05, 3.63) is 51.6 Å². The second kappa shape index (κ2) is 18.5. The summed E-state index contributed by atoms with van der Waals surface area (Å²) in [4.78, 5) is 40.7. The third-order valence-corrected chi connectivity index (χ3v) is 11.8. The number of Topliss-reactive ketones (excluding diaryl/α,β-unsaturated/α-hetero) is 1. The van der Waals surface area contributed by atoms with E-state index in [1.54, 1.807) is 0 Å². The van der Waals surface area contributed by atoms with Crippen molar-refractivity contribution < 1.29 is 104 Å². The van der Waals surface area contributed by atoms with Crippen LogP contribution in [0.25, 0.3) is 0 Å². The molecule has 14 N–H and O–H groups in total. The molecule has 22 nitrogen and oxygen atoms in total. The number of phenols is 2. The van der Waals surface area contributed by atoms with Gasteiger partial charge in [0, 0.05) is 48.5 Å². The highest BCUT2D eigenvalue weighted by Crippen LogP contribution is 2.52. The number of ether oxygens (including phenoxy) is 5. The number of carbonyl (C=O) groups is 3. The van der Waals surface area contributed by atoms with Crippen LogP contribution in [0.15, 0.2) is 18.2 Å². The van der Waals surface area contributed by atoms with Crippen LogP contribution in [0.4, 0.5) is 0 Å². The molecule has 0 amide bonds. The largest absolute Gasteiger partial charge is 0.507 e. The third kappa shape index (κ3) is 8.52. The summed E-state index contributed by atoms with van der Waals surface area (Å²) in [6.07, 6.45) is -23.6. The summed E-state index contributed by atoms with van der Waals surface area (Å²) < 4.78 is 28.1. The zero-order valence-electron chi connectivity index (χ0n) is 32.8. The Balaban J connectivity index is 1.24. The van der Waals surface area contributed by atoms with Crippen molar-refractivity contribution in [2.45, 2.75) is 118 Å². The molecule has 6 rings (SSSR count). The van der Waals surface area contributed by atoms with E-state index in [0.717, 1.165) is 0 Å². The lowest BCUT2D eigenvalue weighted by Crippen LogP contribution is -2.62. The molecule has 2 saturated heterocycles. The summed E-state index contributed by atoms with van der Waals surface area (Å²) in [6.45, 7) is -2.12. The number of nitrogens with one attached hydrogen (secondary N) is 1. The van der Waals surface area contributed by atoms with Gasteiger partial charge in [0.1, 0.15) is 72.2 Å². The summed E-state index contributed by atoms with van der Waals surface area (Å²) in [5.74, 6) is -4.46. The first kappa shape index (κ1) is 46.7. The number of aromatic hydroxyl groups is 2. The average Bonchev–Trinajstić information content (AvgIpc) is 3.24. The predicted molar refractivity (Wildman–Crippen MR) is 199 cm³/mol. The number of phenolic OH excluding ortho intramolecular Hbond substituents is 2. The smallest absolute Gasteiger partial charge is 0.202 e. The number of carbonyl (C=O) groups excluding carboxylic acids is 3. The second-order valence-electron chi connectivity index (χ2n) is 15.6. The summed E-state index contributed by atoms with van der Waals surface area (Å²) in [5.41, 5.74) is -4.54. The Hall–Kier alpha value is -3.79. The monoisotopic (exact) mass is 869 g/mol. The molecule has 2 aromatic rings. The van der Waals surface area contributed by atoms with Gasteiger partial charge in [0.2, 0.25) is 5.78 Å². The minimum atomic E-state index is -2.43. The Morgan fingerprint density at radius 3 is 2.25 bits per heavy atom. The highest BCUT2D eigenvalue weighted by Gasteiger charge is 2.51. The van der Waals surface area contributed by atoms with Crippen LogP contribution < -0.4 is 10.1 Å². The molecular weight excluding hydrogens is 818 g/mol. The van der Waals surface area contributed by atoms with Gasteiger partial charge in [0.25, 0.3) is 0 Å². The normalized spacial score (nSPS) is 33.2. The first-order valence-corrected chi connectivity index (χ1v) is 19.4. The fraction of sp³-hybridized carbons (Fsp3) is 0.615. The molecule has 2 aliphatic heterocycles. The standard InChI is InChI=1S/C39H51NO21/c1-13-28(47)16(40-9-17(44)31(50)37(18(45)10-41)61-38-36(55)35(54)32(51)21(11-42)60-38)6-23(58-13)59-20-8-39(56,22(46)12-43)7-15-25(20)34(53)27-26(30(15)49)29(48)14-4-3-5-19(57-2)24(14)33(27)52/h3-5,13,16-18,20-21,23,28,31-32,35-38,40-45,47,49-51,53-56H,6-12H2,1-2H3/t13-,16-,17?,18?,20-,21+,23-,28+,31?,32-,35-,36+,37?,38+,39-/m0/s1. The molecule has 2 aliphatic carbocycles. The number of fused-ring (bicyclic) bond motifs is 3. The van der Waals surface area contributed by atoms with Gasteiger partial charge in [-0.25, -0.2) is 0 Å². The van der Waals surface area contributed by atoms with E-state index in [-0.39, 0.29) is 34.4 Å². The van der Waals surface area contributed by atoms with E-state index in [4.69, 9.17) is 23.7 Å². The molecule has 338 valence electrons. The molecule has 0 spiro atoms. The van der Waals surface area contributed by atoms with Crippen LogP contribution in [0.1, 0.15) is 68.8 Å². The Morgan fingerprint density at radius 2 is 1.61 bits per heavy atom. The first-order chi connectivity index (χ1) is 28.8. The van der Waals surface area contributed by atoms with Crippen LogP contribution >= 0.6 is 0 Å². The van der Waals surface area contributed by atoms with Crippen molar-refractivity contribution in [2.75, 3.05) is 33.5 Å². The number of hydrogen-bond donors (Lipinski definition) is 14. The minimum Gasteiger partial charge on any atom is -0.507 e. The molecule has 22 heteroatoms. The summed E-state index contributed by atoms with van der Waals surface area (Å²) >= 11 is 0. The van der Waals surface area contributed by atoms with Crippen LogP contribution in [-0.4, -0.2) is 202 Å². The van der Waals surface area contributed by atoms with E-state index < -0.39 is 171 Å². The molecule has 0 radical (unpaired) electrons. The van der Waals surface area contributed by atoms with E-state index in [1.165, 1.54) is 32.2 Å². The number of hydrogen-bond acceptors (Lipinski definition) is 22. The van der Waals surface area contributed by atoms with Gasteiger partial charge in [-0.2, -0.15) is 0 Å². The Kier molecular flexibility index (Phi) is 14.2. The lowest BCUT2D eigenvalue weighted by molar-refractivity contribution is -0.327. The topological polar surface area (TPSA) is 372 Å². The van der Waals surface area contributed by atoms with Gasteiger partial charge in [-0.15, -0.1) is 0 Å². The Labute approximate surface area is 346 Å². The van der Waals surface area contributed by atoms with Crippen LogP contribution in [0.3, 0.4) is 0 Å². The number of methoxy groups -OCH3 is 1. The fourth-order valence-electron chi connectivity index (χ4n) is 8.37. The van der Waals surface area contributed by atoms with Gasteiger partial charge in [-0.05, 0) is 13.0 Å². The molecular formula is C39H51NO21. The number of ketones is 3. The third-order valence-electron chi connectivity index (χ3n) is 11.8.